The summed E-state index contributed by atoms with van der Waals surface area (Å²) >= 11 is 11.8. The lowest BCUT2D eigenvalue weighted by molar-refractivity contribution is 0.457. The predicted molar refractivity (Wildman–Crippen MR) is 92.6 cm³/mol. The van der Waals surface area contributed by atoms with Gasteiger partial charge in [0.15, 0.2) is 5.88 Å². The fraction of sp³-hybridized carbons (Fsp3) is 0.118. The quantitative estimate of drug-likeness (QED) is 0.659. The fourth-order valence-corrected chi connectivity index (χ4v) is 2.61. The predicted octanol–water partition coefficient (Wildman–Crippen LogP) is 4.84. The third-order valence-corrected chi connectivity index (χ3v) is 3.93. The van der Waals surface area contributed by atoms with E-state index in [2.05, 4.69) is 9.98 Å². The van der Waals surface area contributed by atoms with Crippen molar-refractivity contribution >= 4 is 40.3 Å². The van der Waals surface area contributed by atoms with Crippen LogP contribution in [0.2, 0.25) is 10.0 Å². The Morgan fingerprint density at radius 3 is 2.55 bits per heavy atom. The molecule has 2 N–H and O–H groups in total. The van der Waals surface area contributed by atoms with Crippen LogP contribution >= 0.6 is 23.2 Å². The van der Waals surface area contributed by atoms with Gasteiger partial charge in [0, 0.05) is 28.2 Å². The van der Waals surface area contributed by atoms with Crippen molar-refractivity contribution in [3.63, 3.8) is 0 Å². The van der Waals surface area contributed by atoms with Crippen molar-refractivity contribution in [1.29, 1.82) is 0 Å². The highest BCUT2D eigenvalue weighted by molar-refractivity contribution is 6.31. The van der Waals surface area contributed by atoms with Crippen LogP contribution in [0.4, 0.5) is 0 Å². The molecule has 0 saturated carbocycles. The number of nitrogens with one attached hydrogen (secondary N) is 1. The minimum absolute atomic E-state index is 0.104. The molecule has 0 bridgehead atoms. The molecular formula is C17H14Cl2N2O. The largest absolute Gasteiger partial charge is 0.494 e. The normalized spacial score (nSPS) is 11.5. The van der Waals surface area contributed by atoms with Gasteiger partial charge in [-0.3, -0.25) is 4.99 Å². The first-order chi connectivity index (χ1) is 10.6. The van der Waals surface area contributed by atoms with Crippen LogP contribution in [0, 0.1) is 0 Å². The number of aromatic nitrogens is 1. The number of nitrogens with zero attached hydrogens (tertiary/aromatic N) is 1. The summed E-state index contributed by atoms with van der Waals surface area (Å²) in [5.74, 6) is 0.104. The van der Waals surface area contributed by atoms with E-state index in [4.69, 9.17) is 23.2 Å². The molecule has 0 spiro atoms. The topological polar surface area (TPSA) is 48.4 Å². The molecular weight excluding hydrogens is 319 g/mol. The summed E-state index contributed by atoms with van der Waals surface area (Å²) in [4.78, 5) is 7.29. The van der Waals surface area contributed by atoms with Crippen molar-refractivity contribution in [1.82, 2.24) is 4.98 Å². The number of aliphatic imine (C=N–C) groups is 1. The molecule has 0 fully saturated rings. The van der Waals surface area contributed by atoms with E-state index >= 15 is 0 Å². The first kappa shape index (κ1) is 14.9. The molecule has 0 atom stereocenters. The standard InChI is InChI=1S/C17H14Cl2N2O/c18-12-3-1-11(2-4-12)7-8-20-10-15-14-6-5-13(19)9-16(14)21-17(15)22/h1-6,9-10,21-22H,7-8H2. The molecule has 22 heavy (non-hydrogen) atoms. The average Bonchev–Trinajstić information content (AvgIpc) is 2.80. The smallest absolute Gasteiger partial charge is 0.198 e. The van der Waals surface area contributed by atoms with E-state index in [0.717, 1.165) is 22.3 Å². The van der Waals surface area contributed by atoms with Crippen LogP contribution in [0.25, 0.3) is 10.9 Å². The molecule has 0 unspecified atom stereocenters. The van der Waals surface area contributed by atoms with Crippen LogP contribution < -0.4 is 0 Å². The summed E-state index contributed by atoms with van der Waals surface area (Å²) in [7, 11) is 0. The van der Waals surface area contributed by atoms with Gasteiger partial charge in [-0.2, -0.15) is 0 Å². The van der Waals surface area contributed by atoms with E-state index < -0.39 is 0 Å². The average molecular weight is 333 g/mol. The molecule has 3 aromatic rings. The number of rotatable bonds is 4. The van der Waals surface area contributed by atoms with Gasteiger partial charge < -0.3 is 10.1 Å². The van der Waals surface area contributed by atoms with E-state index in [1.165, 1.54) is 5.56 Å². The number of hydrogen-bond acceptors (Lipinski definition) is 2. The van der Waals surface area contributed by atoms with E-state index in [0.29, 0.717) is 17.1 Å². The number of benzene rings is 2. The zero-order valence-electron chi connectivity index (χ0n) is 11.7. The van der Waals surface area contributed by atoms with E-state index in [-0.39, 0.29) is 5.88 Å². The van der Waals surface area contributed by atoms with Gasteiger partial charge in [-0.05, 0) is 36.2 Å². The van der Waals surface area contributed by atoms with E-state index in [9.17, 15) is 5.11 Å². The van der Waals surface area contributed by atoms with Gasteiger partial charge in [0.1, 0.15) is 0 Å². The molecule has 1 heterocycles. The van der Waals surface area contributed by atoms with Gasteiger partial charge in [-0.25, -0.2) is 0 Å². The highest BCUT2D eigenvalue weighted by atomic mass is 35.5. The SMILES string of the molecule is Oc1[nH]c2cc(Cl)ccc2c1C=NCCc1ccc(Cl)cc1. The first-order valence-corrected chi connectivity index (χ1v) is 7.63. The summed E-state index contributed by atoms with van der Waals surface area (Å²) < 4.78 is 0. The van der Waals surface area contributed by atoms with Crippen LogP contribution in [0.1, 0.15) is 11.1 Å². The lowest BCUT2D eigenvalue weighted by Crippen LogP contribution is -1.90. The zero-order chi connectivity index (χ0) is 15.5. The van der Waals surface area contributed by atoms with E-state index in [1.807, 2.05) is 30.3 Å². The molecule has 5 heteroatoms. The molecule has 0 amide bonds. The van der Waals surface area contributed by atoms with Gasteiger partial charge in [0.2, 0.25) is 0 Å². The van der Waals surface area contributed by atoms with Crippen molar-refractivity contribution in [2.75, 3.05) is 6.54 Å². The number of H-pyrrole nitrogens is 1. The minimum Gasteiger partial charge on any atom is -0.494 e. The molecule has 0 aliphatic rings. The third kappa shape index (κ3) is 3.26. The van der Waals surface area contributed by atoms with Gasteiger partial charge in [0.05, 0.1) is 11.1 Å². The third-order valence-electron chi connectivity index (χ3n) is 3.44. The van der Waals surface area contributed by atoms with Crippen molar-refractivity contribution in [2.45, 2.75) is 6.42 Å². The molecule has 112 valence electrons. The van der Waals surface area contributed by atoms with Gasteiger partial charge in [-0.1, -0.05) is 41.4 Å². The van der Waals surface area contributed by atoms with Gasteiger partial charge in [0.25, 0.3) is 0 Å². The molecule has 3 rings (SSSR count). The Morgan fingerprint density at radius 1 is 1.05 bits per heavy atom. The first-order valence-electron chi connectivity index (χ1n) is 6.88. The Labute approximate surface area is 138 Å². The maximum absolute atomic E-state index is 9.97. The second kappa shape index (κ2) is 6.42. The molecule has 0 radical (unpaired) electrons. The van der Waals surface area contributed by atoms with Crippen LogP contribution in [0.15, 0.2) is 47.5 Å². The Morgan fingerprint density at radius 2 is 1.77 bits per heavy atom. The molecule has 0 saturated heterocycles. The number of halogens is 2. The Balaban J connectivity index is 1.72. The number of aromatic hydroxyl groups is 1. The summed E-state index contributed by atoms with van der Waals surface area (Å²) in [5.41, 5.74) is 2.66. The monoisotopic (exact) mass is 332 g/mol. The highest BCUT2D eigenvalue weighted by Crippen LogP contribution is 2.27. The second-order valence-corrected chi connectivity index (χ2v) is 5.86. The molecule has 2 aromatic carbocycles. The molecule has 3 nitrogen and oxygen atoms in total. The Hall–Kier alpha value is -1.97. The number of hydrogen-bond donors (Lipinski definition) is 2. The van der Waals surface area contributed by atoms with Crippen molar-refractivity contribution in [3.8, 4) is 5.88 Å². The Kier molecular flexibility index (Phi) is 4.36. The molecule has 1 aromatic heterocycles. The van der Waals surface area contributed by atoms with Crippen LogP contribution in [0.3, 0.4) is 0 Å². The van der Waals surface area contributed by atoms with Crippen LogP contribution in [-0.2, 0) is 6.42 Å². The van der Waals surface area contributed by atoms with Crippen LogP contribution in [-0.4, -0.2) is 22.8 Å². The van der Waals surface area contributed by atoms with Crippen molar-refractivity contribution in [2.24, 2.45) is 4.99 Å². The second-order valence-electron chi connectivity index (χ2n) is 4.99. The maximum atomic E-state index is 9.97. The van der Waals surface area contributed by atoms with Gasteiger partial charge in [-0.15, -0.1) is 0 Å². The van der Waals surface area contributed by atoms with Crippen molar-refractivity contribution < 1.29 is 5.11 Å². The van der Waals surface area contributed by atoms with E-state index in [1.54, 1.807) is 18.3 Å². The number of aromatic amines is 1. The summed E-state index contributed by atoms with van der Waals surface area (Å²) in [6, 6.07) is 13.2. The summed E-state index contributed by atoms with van der Waals surface area (Å²) in [5, 5.41) is 12.2. The Bertz CT molecular complexity index is 823. The highest BCUT2D eigenvalue weighted by Gasteiger charge is 2.08. The molecule has 0 aliphatic heterocycles. The fourth-order valence-electron chi connectivity index (χ4n) is 2.31. The summed E-state index contributed by atoms with van der Waals surface area (Å²) in [6.45, 7) is 0.640. The zero-order valence-corrected chi connectivity index (χ0v) is 13.2. The number of fused-ring (bicyclic) bond motifs is 1. The lowest BCUT2D eigenvalue weighted by Gasteiger charge is -1.98. The minimum atomic E-state index is 0.104. The van der Waals surface area contributed by atoms with Crippen molar-refractivity contribution in [3.05, 3.63) is 63.6 Å². The van der Waals surface area contributed by atoms with Crippen LogP contribution in [0.5, 0.6) is 5.88 Å². The molecule has 0 aliphatic carbocycles. The lowest BCUT2D eigenvalue weighted by atomic mass is 10.1. The summed E-state index contributed by atoms with van der Waals surface area (Å²) in [6.07, 6.45) is 2.51. The maximum Gasteiger partial charge on any atom is 0.198 e. The van der Waals surface area contributed by atoms with Gasteiger partial charge >= 0.3 is 0 Å².